The highest BCUT2D eigenvalue weighted by atomic mass is 16.3. The van der Waals surface area contributed by atoms with Crippen molar-refractivity contribution >= 4 is 23.7 Å². The molecule has 6 heteroatoms. The van der Waals surface area contributed by atoms with Crippen LogP contribution in [0.4, 0.5) is 5.69 Å². The van der Waals surface area contributed by atoms with Gasteiger partial charge in [-0.25, -0.2) is 5.43 Å². The van der Waals surface area contributed by atoms with Gasteiger partial charge in [-0.15, -0.1) is 0 Å². The van der Waals surface area contributed by atoms with Gasteiger partial charge in [0.2, 0.25) is 11.8 Å². The van der Waals surface area contributed by atoms with E-state index in [1.807, 2.05) is 24.3 Å². The Morgan fingerprint density at radius 3 is 2.40 bits per heavy atom. The van der Waals surface area contributed by atoms with Gasteiger partial charge in [0, 0.05) is 24.1 Å². The molecule has 0 aliphatic carbocycles. The monoisotopic (exact) mass is 339 g/mol. The Labute approximate surface area is 146 Å². The fraction of sp³-hybridized carbons (Fsp3) is 0.211. The van der Waals surface area contributed by atoms with Crippen LogP contribution >= 0.6 is 0 Å². The van der Waals surface area contributed by atoms with Gasteiger partial charge in [0.05, 0.1) is 6.21 Å². The predicted octanol–water partition coefficient (Wildman–Crippen LogP) is 2.82. The zero-order chi connectivity index (χ0) is 18.1. The van der Waals surface area contributed by atoms with Crippen molar-refractivity contribution in [1.82, 2.24) is 5.43 Å². The molecule has 0 heterocycles. The van der Waals surface area contributed by atoms with E-state index < -0.39 is 0 Å². The first-order valence-electron chi connectivity index (χ1n) is 8.07. The molecule has 0 aliphatic heterocycles. The molecule has 2 amide bonds. The Hall–Kier alpha value is -3.15. The molecule has 6 nitrogen and oxygen atoms in total. The van der Waals surface area contributed by atoms with Gasteiger partial charge in [0.1, 0.15) is 5.75 Å². The van der Waals surface area contributed by atoms with Crippen LogP contribution in [-0.4, -0.2) is 23.1 Å². The molecule has 0 aliphatic rings. The van der Waals surface area contributed by atoms with E-state index >= 15 is 0 Å². The van der Waals surface area contributed by atoms with Crippen molar-refractivity contribution in [2.45, 2.75) is 26.2 Å². The summed E-state index contributed by atoms with van der Waals surface area (Å²) in [6.45, 7) is 2.06. The fourth-order valence-corrected chi connectivity index (χ4v) is 2.10. The number of aryl methyl sites for hydroxylation is 1. The molecule has 0 saturated heterocycles. The van der Waals surface area contributed by atoms with E-state index in [2.05, 4.69) is 22.8 Å². The lowest BCUT2D eigenvalue weighted by atomic mass is 10.1. The molecular formula is C19H21N3O3. The summed E-state index contributed by atoms with van der Waals surface area (Å²) < 4.78 is 0. The van der Waals surface area contributed by atoms with Gasteiger partial charge in [-0.05, 0) is 36.2 Å². The van der Waals surface area contributed by atoms with Crippen molar-refractivity contribution < 1.29 is 14.7 Å². The maximum absolute atomic E-state index is 11.8. The number of rotatable bonds is 7. The molecule has 2 aromatic rings. The second-order valence-corrected chi connectivity index (χ2v) is 5.45. The van der Waals surface area contributed by atoms with Gasteiger partial charge in [-0.3, -0.25) is 9.59 Å². The first kappa shape index (κ1) is 18.2. The summed E-state index contributed by atoms with van der Waals surface area (Å²) >= 11 is 0. The molecule has 0 fully saturated rings. The van der Waals surface area contributed by atoms with Crippen LogP contribution in [0.5, 0.6) is 5.75 Å². The third-order valence-electron chi connectivity index (χ3n) is 3.55. The number of carbonyl (C=O) groups is 2. The number of para-hydroxylation sites is 1. The standard InChI is InChI=1S/C19H21N3O3/c1-2-14-7-9-16(10-8-14)21-18(24)11-12-19(25)22-20-13-15-5-3-4-6-17(15)23/h3-10,13,23H,2,11-12H2,1H3,(H,21,24)(H,22,25)/b20-13+. The van der Waals surface area contributed by atoms with E-state index in [4.69, 9.17) is 0 Å². The first-order valence-corrected chi connectivity index (χ1v) is 8.07. The number of anilines is 1. The highest BCUT2D eigenvalue weighted by Crippen LogP contribution is 2.12. The van der Waals surface area contributed by atoms with E-state index in [0.29, 0.717) is 11.3 Å². The van der Waals surface area contributed by atoms with Crippen LogP contribution in [0.1, 0.15) is 30.9 Å². The molecule has 130 valence electrons. The molecule has 0 spiro atoms. The predicted molar refractivity (Wildman–Crippen MR) is 97.5 cm³/mol. The maximum Gasteiger partial charge on any atom is 0.240 e. The average Bonchev–Trinajstić information content (AvgIpc) is 2.62. The molecule has 0 radical (unpaired) electrons. The minimum Gasteiger partial charge on any atom is -0.507 e. The third-order valence-corrected chi connectivity index (χ3v) is 3.55. The highest BCUT2D eigenvalue weighted by Gasteiger charge is 2.07. The number of aromatic hydroxyl groups is 1. The number of phenols is 1. The van der Waals surface area contributed by atoms with Crippen LogP contribution in [0.15, 0.2) is 53.6 Å². The molecule has 2 aromatic carbocycles. The molecule has 2 rings (SSSR count). The fourth-order valence-electron chi connectivity index (χ4n) is 2.10. The Kier molecular flexibility index (Phi) is 6.71. The van der Waals surface area contributed by atoms with Crippen molar-refractivity contribution in [2.24, 2.45) is 5.10 Å². The van der Waals surface area contributed by atoms with Crippen molar-refractivity contribution in [2.75, 3.05) is 5.32 Å². The van der Waals surface area contributed by atoms with Crippen LogP contribution in [0.2, 0.25) is 0 Å². The Balaban J connectivity index is 1.73. The summed E-state index contributed by atoms with van der Waals surface area (Å²) in [6, 6.07) is 14.2. The van der Waals surface area contributed by atoms with E-state index in [-0.39, 0.29) is 30.4 Å². The molecule has 0 bridgehead atoms. The van der Waals surface area contributed by atoms with Gasteiger partial charge in [-0.2, -0.15) is 5.10 Å². The van der Waals surface area contributed by atoms with E-state index in [0.717, 1.165) is 6.42 Å². The largest absolute Gasteiger partial charge is 0.507 e. The minimum absolute atomic E-state index is 0.0248. The molecule has 0 saturated carbocycles. The lowest BCUT2D eigenvalue weighted by Gasteiger charge is -2.05. The van der Waals surface area contributed by atoms with Crippen LogP contribution in [-0.2, 0) is 16.0 Å². The number of phenolic OH excluding ortho intramolecular Hbond substituents is 1. The van der Waals surface area contributed by atoms with Gasteiger partial charge < -0.3 is 10.4 Å². The quantitative estimate of drug-likeness (QED) is 0.535. The van der Waals surface area contributed by atoms with Crippen LogP contribution in [0.25, 0.3) is 0 Å². The van der Waals surface area contributed by atoms with Gasteiger partial charge in [-0.1, -0.05) is 31.2 Å². The zero-order valence-electron chi connectivity index (χ0n) is 14.0. The van der Waals surface area contributed by atoms with Gasteiger partial charge in [0.25, 0.3) is 0 Å². The number of nitrogens with zero attached hydrogens (tertiary/aromatic N) is 1. The first-order chi connectivity index (χ1) is 12.1. The van der Waals surface area contributed by atoms with Crippen LogP contribution in [0.3, 0.4) is 0 Å². The van der Waals surface area contributed by atoms with E-state index in [9.17, 15) is 14.7 Å². The smallest absolute Gasteiger partial charge is 0.240 e. The van der Waals surface area contributed by atoms with Crippen molar-refractivity contribution in [1.29, 1.82) is 0 Å². The summed E-state index contributed by atoms with van der Waals surface area (Å²) in [5, 5.41) is 16.1. The Morgan fingerprint density at radius 2 is 1.72 bits per heavy atom. The normalized spacial score (nSPS) is 10.6. The highest BCUT2D eigenvalue weighted by molar-refractivity contribution is 5.93. The number of hydrogen-bond acceptors (Lipinski definition) is 4. The minimum atomic E-state index is -0.372. The second kappa shape index (κ2) is 9.22. The van der Waals surface area contributed by atoms with E-state index in [1.54, 1.807) is 18.2 Å². The zero-order valence-corrected chi connectivity index (χ0v) is 14.0. The molecule has 0 atom stereocenters. The summed E-state index contributed by atoms with van der Waals surface area (Å²) in [7, 11) is 0. The number of amides is 2. The lowest BCUT2D eigenvalue weighted by Crippen LogP contribution is -2.20. The lowest BCUT2D eigenvalue weighted by molar-refractivity contribution is -0.124. The van der Waals surface area contributed by atoms with Crippen molar-refractivity contribution in [3.8, 4) is 5.75 Å². The Bertz CT molecular complexity index is 755. The molecule has 3 N–H and O–H groups in total. The molecule has 25 heavy (non-hydrogen) atoms. The third kappa shape index (κ3) is 6.10. The molecular weight excluding hydrogens is 318 g/mol. The summed E-state index contributed by atoms with van der Waals surface area (Å²) in [5.74, 6) is -0.527. The summed E-state index contributed by atoms with van der Waals surface area (Å²) in [5.41, 5.74) is 4.73. The SMILES string of the molecule is CCc1ccc(NC(=O)CCC(=O)N/N=C/c2ccccc2O)cc1. The van der Waals surface area contributed by atoms with Gasteiger partial charge >= 0.3 is 0 Å². The Morgan fingerprint density at radius 1 is 1.04 bits per heavy atom. The van der Waals surface area contributed by atoms with Crippen LogP contribution in [0, 0.1) is 0 Å². The van der Waals surface area contributed by atoms with Crippen molar-refractivity contribution in [3.63, 3.8) is 0 Å². The number of hydrazone groups is 1. The average molecular weight is 339 g/mol. The second-order valence-electron chi connectivity index (χ2n) is 5.45. The topological polar surface area (TPSA) is 90.8 Å². The van der Waals surface area contributed by atoms with Gasteiger partial charge in [0.15, 0.2) is 0 Å². The summed E-state index contributed by atoms with van der Waals surface area (Å²) in [6.07, 6.45) is 2.38. The van der Waals surface area contributed by atoms with Crippen LogP contribution < -0.4 is 10.7 Å². The van der Waals surface area contributed by atoms with Crippen molar-refractivity contribution in [3.05, 3.63) is 59.7 Å². The number of hydrogen-bond donors (Lipinski definition) is 3. The summed E-state index contributed by atoms with van der Waals surface area (Å²) in [4.78, 5) is 23.5. The number of carbonyl (C=O) groups excluding carboxylic acids is 2. The molecule has 0 unspecified atom stereocenters. The van der Waals surface area contributed by atoms with E-state index in [1.165, 1.54) is 17.8 Å². The number of benzene rings is 2. The molecule has 0 aromatic heterocycles. The maximum atomic E-state index is 11.8. The number of nitrogens with one attached hydrogen (secondary N) is 2.